The number of ether oxygens (including phenoxy) is 1. The Balaban J connectivity index is 1.34. The van der Waals surface area contributed by atoms with Crippen LogP contribution >= 0.6 is 11.6 Å². The molecule has 0 spiro atoms. The molecule has 0 aliphatic heterocycles. The Bertz CT molecular complexity index is 1220. The molecule has 1 saturated carbocycles. The molecule has 0 atom stereocenters. The van der Waals surface area contributed by atoms with E-state index in [4.69, 9.17) is 16.3 Å². The molecule has 3 aromatic rings. The Hall–Kier alpha value is -3.86. The third-order valence-corrected chi connectivity index (χ3v) is 5.00. The topological polar surface area (TPSA) is 105 Å². The van der Waals surface area contributed by atoms with E-state index in [1.165, 1.54) is 30.6 Å². The first kappa shape index (κ1) is 23.3. The number of carbonyl (C=O) groups excluding carboxylic acids is 2. The Labute approximate surface area is 196 Å². The number of hydrogen-bond acceptors (Lipinski definition) is 5. The van der Waals surface area contributed by atoms with Gasteiger partial charge in [0.2, 0.25) is 5.91 Å². The number of anilines is 3. The summed E-state index contributed by atoms with van der Waals surface area (Å²) in [6.45, 7) is 0. The van der Waals surface area contributed by atoms with Crippen molar-refractivity contribution in [1.82, 2.24) is 9.97 Å². The number of pyridine rings is 2. The van der Waals surface area contributed by atoms with Crippen LogP contribution in [0.4, 0.5) is 35.3 Å². The van der Waals surface area contributed by atoms with Crippen LogP contribution in [0.5, 0.6) is 11.5 Å². The minimum atomic E-state index is -4.65. The first-order valence-electron chi connectivity index (χ1n) is 10.0. The first-order chi connectivity index (χ1) is 16.2. The van der Waals surface area contributed by atoms with Crippen LogP contribution in [-0.2, 0) is 11.0 Å². The van der Waals surface area contributed by atoms with Crippen molar-refractivity contribution in [2.24, 2.45) is 5.92 Å². The maximum Gasteiger partial charge on any atom is 0.417 e. The van der Waals surface area contributed by atoms with Crippen LogP contribution in [0.2, 0.25) is 5.02 Å². The lowest BCUT2D eigenvalue weighted by atomic mass is 10.2. The number of aromatic nitrogens is 2. The highest BCUT2D eigenvalue weighted by Gasteiger charge is 2.33. The van der Waals surface area contributed by atoms with Crippen LogP contribution in [0.1, 0.15) is 18.4 Å². The fourth-order valence-electron chi connectivity index (χ4n) is 2.87. The van der Waals surface area contributed by atoms with Gasteiger partial charge in [-0.1, -0.05) is 11.6 Å². The fraction of sp³-hybridized carbons (Fsp3) is 0.182. The molecule has 176 valence electrons. The van der Waals surface area contributed by atoms with E-state index in [9.17, 15) is 22.8 Å². The van der Waals surface area contributed by atoms with E-state index in [0.29, 0.717) is 17.3 Å². The third kappa shape index (κ3) is 6.13. The van der Waals surface area contributed by atoms with Crippen molar-refractivity contribution in [3.63, 3.8) is 0 Å². The lowest BCUT2D eigenvalue weighted by molar-refractivity contribution is -0.137. The normalized spacial score (nSPS) is 13.2. The van der Waals surface area contributed by atoms with Crippen molar-refractivity contribution in [1.29, 1.82) is 0 Å². The summed E-state index contributed by atoms with van der Waals surface area (Å²) >= 11 is 5.57. The zero-order valence-corrected chi connectivity index (χ0v) is 18.1. The lowest BCUT2D eigenvalue weighted by Gasteiger charge is -2.12. The number of rotatable bonds is 6. The molecule has 4 rings (SSSR count). The van der Waals surface area contributed by atoms with Crippen molar-refractivity contribution in [2.75, 3.05) is 16.0 Å². The number of alkyl halides is 3. The first-order valence-corrected chi connectivity index (χ1v) is 10.4. The summed E-state index contributed by atoms with van der Waals surface area (Å²) < 4.78 is 44.6. The van der Waals surface area contributed by atoms with Gasteiger partial charge >= 0.3 is 12.2 Å². The molecule has 0 unspecified atom stereocenters. The van der Waals surface area contributed by atoms with E-state index in [-0.39, 0.29) is 23.3 Å². The van der Waals surface area contributed by atoms with Crippen molar-refractivity contribution < 1.29 is 27.5 Å². The van der Waals surface area contributed by atoms with Gasteiger partial charge in [-0.2, -0.15) is 13.2 Å². The summed E-state index contributed by atoms with van der Waals surface area (Å²) in [5.74, 6) is 1.25. The van der Waals surface area contributed by atoms with Crippen molar-refractivity contribution >= 4 is 40.9 Å². The van der Waals surface area contributed by atoms with E-state index in [1.54, 1.807) is 12.1 Å². The molecular formula is C22H17ClF3N5O3. The Kier molecular flexibility index (Phi) is 6.55. The van der Waals surface area contributed by atoms with Gasteiger partial charge in [-0.25, -0.2) is 14.8 Å². The number of amides is 3. The minimum Gasteiger partial charge on any atom is -0.456 e. The van der Waals surface area contributed by atoms with Gasteiger partial charge < -0.3 is 15.4 Å². The standard InChI is InChI=1S/C22H17ClF3N5O3/c23-17-5-3-13(9-16(17)22(24,25)26)29-21(33)31-18-6-4-15(11-28-18)34-14-7-8-27-19(10-14)30-20(32)12-1-2-12/h3-12H,1-2H2,(H,27,30,32)(H2,28,29,31,33). The second-order valence-electron chi connectivity index (χ2n) is 7.39. The number of halogens is 4. The van der Waals surface area contributed by atoms with Gasteiger partial charge in [0, 0.05) is 23.9 Å². The van der Waals surface area contributed by atoms with Crippen LogP contribution in [-0.4, -0.2) is 21.9 Å². The maximum absolute atomic E-state index is 13.0. The zero-order chi connectivity index (χ0) is 24.3. The van der Waals surface area contributed by atoms with Gasteiger partial charge in [0.25, 0.3) is 0 Å². The summed E-state index contributed by atoms with van der Waals surface area (Å²) in [5, 5.41) is 6.97. The summed E-state index contributed by atoms with van der Waals surface area (Å²) in [6, 6.07) is 8.41. The highest BCUT2D eigenvalue weighted by atomic mass is 35.5. The minimum absolute atomic E-state index is 0.0409. The third-order valence-electron chi connectivity index (χ3n) is 4.67. The van der Waals surface area contributed by atoms with E-state index >= 15 is 0 Å². The van der Waals surface area contributed by atoms with Crippen molar-refractivity contribution in [3.8, 4) is 11.5 Å². The molecule has 0 bridgehead atoms. The van der Waals surface area contributed by atoms with E-state index in [2.05, 4.69) is 25.9 Å². The summed E-state index contributed by atoms with van der Waals surface area (Å²) in [5.41, 5.74) is -1.14. The van der Waals surface area contributed by atoms with Crippen LogP contribution in [0.15, 0.2) is 54.9 Å². The largest absolute Gasteiger partial charge is 0.456 e. The molecule has 2 aromatic heterocycles. The molecule has 1 aliphatic rings. The molecule has 12 heteroatoms. The van der Waals surface area contributed by atoms with E-state index in [0.717, 1.165) is 25.0 Å². The van der Waals surface area contributed by atoms with Gasteiger partial charge in [-0.3, -0.25) is 10.1 Å². The molecular weight excluding hydrogens is 475 g/mol. The van der Waals surface area contributed by atoms with E-state index < -0.39 is 22.8 Å². The molecule has 8 nitrogen and oxygen atoms in total. The van der Waals surface area contributed by atoms with Crippen LogP contribution < -0.4 is 20.7 Å². The van der Waals surface area contributed by atoms with Crippen LogP contribution in [0.25, 0.3) is 0 Å². The fourth-order valence-corrected chi connectivity index (χ4v) is 3.09. The van der Waals surface area contributed by atoms with Crippen molar-refractivity contribution in [3.05, 3.63) is 65.4 Å². The van der Waals surface area contributed by atoms with Gasteiger partial charge in [0.05, 0.1) is 16.8 Å². The molecule has 34 heavy (non-hydrogen) atoms. The van der Waals surface area contributed by atoms with Gasteiger partial charge in [-0.05, 0) is 49.2 Å². The second kappa shape index (κ2) is 9.56. The van der Waals surface area contributed by atoms with Gasteiger partial charge in [-0.15, -0.1) is 0 Å². The Morgan fingerprint density at radius 3 is 2.41 bits per heavy atom. The van der Waals surface area contributed by atoms with Crippen LogP contribution in [0.3, 0.4) is 0 Å². The number of carbonyl (C=O) groups is 2. The summed E-state index contributed by atoms with van der Waals surface area (Å²) in [7, 11) is 0. The number of nitrogens with one attached hydrogen (secondary N) is 3. The molecule has 1 fully saturated rings. The summed E-state index contributed by atoms with van der Waals surface area (Å²) in [6.07, 6.45) is -0.0587. The van der Waals surface area contributed by atoms with Crippen molar-refractivity contribution in [2.45, 2.75) is 19.0 Å². The smallest absolute Gasteiger partial charge is 0.417 e. The van der Waals surface area contributed by atoms with Gasteiger partial charge in [0.1, 0.15) is 23.1 Å². The molecule has 1 aromatic carbocycles. The SMILES string of the molecule is O=C(Nc1ccc(Cl)c(C(F)(F)F)c1)Nc1ccc(Oc2ccnc(NC(=O)C3CC3)c2)cn1. The number of nitrogens with zero attached hydrogens (tertiary/aromatic N) is 2. The zero-order valence-electron chi connectivity index (χ0n) is 17.3. The molecule has 2 heterocycles. The number of benzene rings is 1. The lowest BCUT2D eigenvalue weighted by Crippen LogP contribution is -2.20. The Morgan fingerprint density at radius 2 is 1.74 bits per heavy atom. The molecule has 0 saturated heterocycles. The average molecular weight is 492 g/mol. The maximum atomic E-state index is 13.0. The predicted octanol–water partition coefficient (Wildman–Crippen LogP) is 5.93. The number of hydrogen-bond donors (Lipinski definition) is 3. The molecule has 3 N–H and O–H groups in total. The molecule has 3 amide bonds. The quantitative estimate of drug-likeness (QED) is 0.396. The molecule has 0 radical (unpaired) electrons. The predicted molar refractivity (Wildman–Crippen MR) is 119 cm³/mol. The van der Waals surface area contributed by atoms with Crippen LogP contribution in [0, 0.1) is 5.92 Å². The average Bonchev–Trinajstić information content (AvgIpc) is 3.62. The molecule has 1 aliphatic carbocycles. The second-order valence-corrected chi connectivity index (χ2v) is 7.80. The highest BCUT2D eigenvalue weighted by Crippen LogP contribution is 2.36. The van der Waals surface area contributed by atoms with Gasteiger partial charge in [0.15, 0.2) is 0 Å². The Morgan fingerprint density at radius 1 is 0.941 bits per heavy atom. The highest BCUT2D eigenvalue weighted by molar-refractivity contribution is 6.31. The summed E-state index contributed by atoms with van der Waals surface area (Å²) in [4.78, 5) is 32.1. The van der Waals surface area contributed by atoms with E-state index in [1.807, 2.05) is 0 Å². The number of urea groups is 1. The monoisotopic (exact) mass is 491 g/mol.